The van der Waals surface area contributed by atoms with Crippen LogP contribution in [0.4, 0.5) is 4.79 Å². The summed E-state index contributed by atoms with van der Waals surface area (Å²) in [6.45, 7) is 8.42. The van der Waals surface area contributed by atoms with E-state index in [1.807, 2.05) is 20.8 Å². The Bertz CT molecular complexity index is 486. The SMILES string of the molecule is CC1CCC(OC(=O)N[C@H](C(=O)N2CCCC2C=O)C(C)(C)C)C1. The van der Waals surface area contributed by atoms with Gasteiger partial charge in [0.15, 0.2) is 0 Å². The number of nitrogens with one attached hydrogen (secondary N) is 1. The van der Waals surface area contributed by atoms with Crippen LogP contribution in [0, 0.1) is 11.3 Å². The molecule has 0 bridgehead atoms. The van der Waals surface area contributed by atoms with Crippen molar-refractivity contribution in [3.63, 3.8) is 0 Å². The van der Waals surface area contributed by atoms with Crippen LogP contribution in [0.1, 0.15) is 59.8 Å². The van der Waals surface area contributed by atoms with Crippen molar-refractivity contribution in [3.8, 4) is 0 Å². The maximum absolute atomic E-state index is 12.9. The summed E-state index contributed by atoms with van der Waals surface area (Å²) in [6, 6.07) is -1.08. The van der Waals surface area contributed by atoms with E-state index < -0.39 is 17.6 Å². The van der Waals surface area contributed by atoms with E-state index in [1.165, 1.54) is 0 Å². The molecule has 1 aliphatic heterocycles. The van der Waals surface area contributed by atoms with Crippen molar-refractivity contribution in [3.05, 3.63) is 0 Å². The second-order valence-electron chi connectivity index (χ2n) is 8.27. The Kier molecular flexibility index (Phi) is 5.88. The van der Waals surface area contributed by atoms with E-state index in [1.54, 1.807) is 4.90 Å². The summed E-state index contributed by atoms with van der Waals surface area (Å²) in [7, 11) is 0. The molecule has 2 rings (SSSR count). The monoisotopic (exact) mass is 338 g/mol. The number of rotatable bonds is 4. The zero-order chi connectivity index (χ0) is 17.9. The molecule has 1 N–H and O–H groups in total. The van der Waals surface area contributed by atoms with Crippen LogP contribution in [-0.2, 0) is 14.3 Å². The van der Waals surface area contributed by atoms with Gasteiger partial charge in [0.1, 0.15) is 18.4 Å². The Balaban J connectivity index is 2.01. The molecule has 0 aromatic carbocycles. The van der Waals surface area contributed by atoms with Gasteiger partial charge in [-0.2, -0.15) is 0 Å². The van der Waals surface area contributed by atoms with E-state index in [0.29, 0.717) is 18.9 Å². The van der Waals surface area contributed by atoms with Gasteiger partial charge in [-0.3, -0.25) is 4.79 Å². The van der Waals surface area contributed by atoms with Gasteiger partial charge in [-0.05, 0) is 43.4 Å². The fourth-order valence-electron chi connectivity index (χ4n) is 3.59. The minimum atomic E-state index is -0.704. The lowest BCUT2D eigenvalue weighted by Crippen LogP contribution is -2.56. The molecule has 1 heterocycles. The van der Waals surface area contributed by atoms with Gasteiger partial charge in [-0.25, -0.2) is 4.79 Å². The molecule has 0 spiro atoms. The van der Waals surface area contributed by atoms with Gasteiger partial charge in [-0.1, -0.05) is 27.7 Å². The lowest BCUT2D eigenvalue weighted by atomic mass is 9.85. The summed E-state index contributed by atoms with van der Waals surface area (Å²) in [5.41, 5.74) is -0.463. The van der Waals surface area contributed by atoms with Gasteiger partial charge in [0.2, 0.25) is 5.91 Å². The first kappa shape index (κ1) is 18.7. The minimum Gasteiger partial charge on any atom is -0.446 e. The van der Waals surface area contributed by atoms with Crippen LogP contribution in [-0.4, -0.2) is 47.9 Å². The summed E-state index contributed by atoms with van der Waals surface area (Å²) >= 11 is 0. The predicted octanol–water partition coefficient (Wildman–Crippen LogP) is 2.51. The van der Waals surface area contributed by atoms with Crippen LogP contribution in [0.5, 0.6) is 0 Å². The Morgan fingerprint density at radius 3 is 2.50 bits per heavy atom. The third-order valence-corrected chi connectivity index (χ3v) is 5.03. The van der Waals surface area contributed by atoms with Gasteiger partial charge in [-0.15, -0.1) is 0 Å². The lowest BCUT2D eigenvalue weighted by molar-refractivity contribution is -0.138. The predicted molar refractivity (Wildman–Crippen MR) is 90.5 cm³/mol. The molecule has 2 aliphatic rings. The molecule has 136 valence electrons. The summed E-state index contributed by atoms with van der Waals surface area (Å²) in [5, 5.41) is 2.75. The van der Waals surface area contributed by atoms with Crippen LogP contribution >= 0.6 is 0 Å². The molecule has 1 aliphatic carbocycles. The highest BCUT2D eigenvalue weighted by Gasteiger charge is 2.40. The number of carbonyl (C=O) groups is 3. The summed E-state index contributed by atoms with van der Waals surface area (Å²) in [4.78, 5) is 37.9. The van der Waals surface area contributed by atoms with Gasteiger partial charge in [0, 0.05) is 6.54 Å². The first-order valence-electron chi connectivity index (χ1n) is 8.95. The first-order chi connectivity index (χ1) is 11.2. The van der Waals surface area contributed by atoms with Crippen molar-refractivity contribution in [1.29, 1.82) is 0 Å². The molecular formula is C18H30N2O4. The van der Waals surface area contributed by atoms with Gasteiger partial charge >= 0.3 is 6.09 Å². The van der Waals surface area contributed by atoms with Crippen molar-refractivity contribution in [2.75, 3.05) is 6.54 Å². The normalized spacial score (nSPS) is 28.5. The van der Waals surface area contributed by atoms with E-state index in [0.717, 1.165) is 32.0 Å². The second kappa shape index (κ2) is 7.53. The van der Waals surface area contributed by atoms with Gasteiger partial charge in [0.05, 0.1) is 6.04 Å². The molecule has 2 fully saturated rings. The Hall–Kier alpha value is -1.59. The molecule has 0 aromatic rings. The molecule has 6 heteroatoms. The zero-order valence-corrected chi connectivity index (χ0v) is 15.2. The van der Waals surface area contributed by atoms with Crippen molar-refractivity contribution < 1.29 is 19.1 Å². The molecular weight excluding hydrogens is 308 g/mol. The van der Waals surface area contributed by atoms with E-state index >= 15 is 0 Å². The lowest BCUT2D eigenvalue weighted by Gasteiger charge is -2.34. The van der Waals surface area contributed by atoms with Crippen LogP contribution in [0.25, 0.3) is 0 Å². The molecule has 4 atom stereocenters. The van der Waals surface area contributed by atoms with Gasteiger partial charge < -0.3 is 19.7 Å². The average Bonchev–Trinajstić information content (AvgIpc) is 3.11. The first-order valence-corrected chi connectivity index (χ1v) is 8.95. The molecule has 0 radical (unpaired) electrons. The molecule has 6 nitrogen and oxygen atoms in total. The van der Waals surface area contributed by atoms with Crippen LogP contribution in [0.15, 0.2) is 0 Å². The summed E-state index contributed by atoms with van der Waals surface area (Å²) < 4.78 is 5.48. The minimum absolute atomic E-state index is 0.0646. The highest BCUT2D eigenvalue weighted by atomic mass is 16.6. The summed E-state index contributed by atoms with van der Waals surface area (Å²) in [5.74, 6) is 0.370. The van der Waals surface area contributed by atoms with E-state index in [4.69, 9.17) is 4.74 Å². The molecule has 24 heavy (non-hydrogen) atoms. The fraction of sp³-hybridized carbons (Fsp3) is 0.833. The molecule has 2 amide bonds. The third-order valence-electron chi connectivity index (χ3n) is 5.03. The highest BCUT2D eigenvalue weighted by Crippen LogP contribution is 2.28. The van der Waals surface area contributed by atoms with E-state index in [-0.39, 0.29) is 18.1 Å². The maximum Gasteiger partial charge on any atom is 0.408 e. The number of ether oxygens (including phenoxy) is 1. The van der Waals surface area contributed by atoms with Crippen molar-refractivity contribution in [2.24, 2.45) is 11.3 Å². The second-order valence-corrected chi connectivity index (χ2v) is 8.27. The van der Waals surface area contributed by atoms with Crippen LogP contribution < -0.4 is 5.32 Å². The number of nitrogens with zero attached hydrogens (tertiary/aromatic N) is 1. The average molecular weight is 338 g/mol. The number of hydrogen-bond acceptors (Lipinski definition) is 4. The number of likely N-dealkylation sites (tertiary alicyclic amines) is 1. The van der Waals surface area contributed by atoms with Crippen molar-refractivity contribution in [1.82, 2.24) is 10.2 Å². The molecule has 3 unspecified atom stereocenters. The largest absolute Gasteiger partial charge is 0.446 e. The van der Waals surface area contributed by atoms with Crippen molar-refractivity contribution in [2.45, 2.75) is 78.0 Å². The number of alkyl carbamates (subject to hydrolysis) is 1. The number of carbonyl (C=O) groups excluding carboxylic acids is 3. The summed E-state index contributed by atoms with van der Waals surface area (Å²) in [6.07, 6.45) is 4.54. The quantitative estimate of drug-likeness (QED) is 0.799. The number of amides is 2. The number of hydrogen-bond donors (Lipinski definition) is 1. The van der Waals surface area contributed by atoms with Crippen LogP contribution in [0.2, 0.25) is 0 Å². The standard InChI is InChI=1S/C18H30N2O4/c1-12-7-8-14(10-12)24-17(23)19-15(18(2,3)4)16(22)20-9-5-6-13(20)11-21/h11-15H,5-10H2,1-4H3,(H,19,23)/t12?,13?,14?,15-/m1/s1. The van der Waals surface area contributed by atoms with Crippen LogP contribution in [0.3, 0.4) is 0 Å². The Labute approximate surface area is 144 Å². The van der Waals surface area contributed by atoms with E-state index in [9.17, 15) is 14.4 Å². The highest BCUT2D eigenvalue weighted by molar-refractivity contribution is 5.88. The molecule has 1 saturated heterocycles. The Morgan fingerprint density at radius 2 is 1.96 bits per heavy atom. The maximum atomic E-state index is 12.9. The van der Waals surface area contributed by atoms with Gasteiger partial charge in [0.25, 0.3) is 0 Å². The molecule has 1 saturated carbocycles. The topological polar surface area (TPSA) is 75.7 Å². The third kappa shape index (κ3) is 4.48. The number of aldehydes is 1. The zero-order valence-electron chi connectivity index (χ0n) is 15.2. The van der Waals surface area contributed by atoms with E-state index in [2.05, 4.69) is 12.2 Å². The molecule has 0 aromatic heterocycles. The fourth-order valence-corrected chi connectivity index (χ4v) is 3.59. The van der Waals surface area contributed by atoms with Crippen molar-refractivity contribution >= 4 is 18.3 Å². The Morgan fingerprint density at radius 1 is 1.25 bits per heavy atom. The smallest absolute Gasteiger partial charge is 0.408 e.